The van der Waals surface area contributed by atoms with Gasteiger partial charge in [0.05, 0.1) is 12.2 Å². The molecule has 2 rings (SSSR count). The van der Waals surface area contributed by atoms with Crippen molar-refractivity contribution < 1.29 is 14.3 Å². The quantitative estimate of drug-likeness (QED) is 0.653. The van der Waals surface area contributed by atoms with Crippen LogP contribution in [0, 0.1) is 0 Å². The molecule has 0 radical (unpaired) electrons. The molecule has 21 heavy (non-hydrogen) atoms. The van der Waals surface area contributed by atoms with Crippen LogP contribution >= 0.6 is 11.3 Å². The zero-order valence-electron chi connectivity index (χ0n) is 12.2. The highest BCUT2D eigenvalue weighted by molar-refractivity contribution is 7.11. The van der Waals surface area contributed by atoms with E-state index >= 15 is 0 Å². The number of carbonyl (C=O) groups is 1. The van der Waals surface area contributed by atoms with Crippen molar-refractivity contribution in [1.82, 2.24) is 0 Å². The molecule has 0 spiro atoms. The van der Waals surface area contributed by atoms with E-state index in [0.717, 1.165) is 11.3 Å². The number of carbonyl (C=O) groups excluding carboxylic acids is 1. The van der Waals surface area contributed by atoms with Crippen molar-refractivity contribution >= 4 is 23.0 Å². The van der Waals surface area contributed by atoms with Crippen LogP contribution in [-0.2, 0) is 17.8 Å². The van der Waals surface area contributed by atoms with Gasteiger partial charge in [-0.2, -0.15) is 0 Å². The van der Waals surface area contributed by atoms with Crippen molar-refractivity contribution in [2.75, 3.05) is 12.3 Å². The Balaban J connectivity index is 2.02. The molecule has 0 amide bonds. The monoisotopic (exact) mass is 305 g/mol. The number of nitrogen functional groups attached to an aromatic ring is 1. The van der Waals surface area contributed by atoms with Gasteiger partial charge in [0.1, 0.15) is 12.4 Å². The zero-order valence-corrected chi connectivity index (χ0v) is 13.0. The van der Waals surface area contributed by atoms with Gasteiger partial charge in [0.2, 0.25) is 0 Å². The Morgan fingerprint density at radius 1 is 1.19 bits per heavy atom. The van der Waals surface area contributed by atoms with Crippen molar-refractivity contribution in [2.24, 2.45) is 0 Å². The van der Waals surface area contributed by atoms with Crippen LogP contribution < -0.4 is 10.5 Å². The summed E-state index contributed by atoms with van der Waals surface area (Å²) >= 11 is 1.66. The normalized spacial score (nSPS) is 10.4. The molecular weight excluding hydrogens is 286 g/mol. The third-order valence-corrected chi connectivity index (χ3v) is 4.09. The molecule has 2 aromatic rings. The second-order valence-corrected chi connectivity index (χ2v) is 5.77. The van der Waals surface area contributed by atoms with Gasteiger partial charge in [-0.3, -0.25) is 0 Å². The standard InChI is InChI=1S/C16H19NO3S/c1-3-14-5-6-15(21-14)10-20-16(18)11-7-12(17)9-13(8-11)19-4-2/h5-9H,3-4,10,17H2,1-2H3. The minimum atomic E-state index is -0.394. The summed E-state index contributed by atoms with van der Waals surface area (Å²) in [4.78, 5) is 14.4. The third-order valence-electron chi connectivity index (χ3n) is 2.89. The minimum Gasteiger partial charge on any atom is -0.494 e. The van der Waals surface area contributed by atoms with E-state index in [-0.39, 0.29) is 6.61 Å². The predicted octanol–water partition coefficient (Wildman–Crippen LogP) is 3.65. The van der Waals surface area contributed by atoms with Crippen LogP contribution in [0.2, 0.25) is 0 Å². The van der Waals surface area contributed by atoms with Crippen LogP contribution in [-0.4, -0.2) is 12.6 Å². The van der Waals surface area contributed by atoms with Crippen molar-refractivity contribution in [3.63, 3.8) is 0 Å². The Kier molecular flexibility index (Phi) is 5.22. The highest BCUT2D eigenvalue weighted by atomic mass is 32.1. The molecule has 0 bridgehead atoms. The highest BCUT2D eigenvalue weighted by Gasteiger charge is 2.11. The molecule has 2 N–H and O–H groups in total. The first-order valence-corrected chi connectivity index (χ1v) is 7.72. The molecule has 0 aliphatic rings. The predicted molar refractivity (Wildman–Crippen MR) is 84.8 cm³/mol. The van der Waals surface area contributed by atoms with Gasteiger partial charge in [0.25, 0.3) is 0 Å². The van der Waals surface area contributed by atoms with Crippen molar-refractivity contribution in [3.8, 4) is 5.75 Å². The average molecular weight is 305 g/mol. The summed E-state index contributed by atoms with van der Waals surface area (Å²) in [6, 6.07) is 8.97. The maximum atomic E-state index is 12.1. The molecule has 1 aromatic carbocycles. The molecule has 0 fully saturated rings. The van der Waals surface area contributed by atoms with Crippen molar-refractivity contribution in [2.45, 2.75) is 26.9 Å². The summed E-state index contributed by atoms with van der Waals surface area (Å²) in [5, 5.41) is 0. The molecule has 1 aromatic heterocycles. The van der Waals surface area contributed by atoms with E-state index in [9.17, 15) is 4.79 Å². The maximum absolute atomic E-state index is 12.1. The number of rotatable bonds is 6. The lowest BCUT2D eigenvalue weighted by atomic mass is 10.2. The van der Waals surface area contributed by atoms with E-state index < -0.39 is 5.97 Å². The Morgan fingerprint density at radius 2 is 1.95 bits per heavy atom. The van der Waals surface area contributed by atoms with Crippen molar-refractivity contribution in [3.05, 3.63) is 45.6 Å². The number of hydrogen-bond donors (Lipinski definition) is 1. The number of ether oxygens (including phenoxy) is 2. The van der Waals surface area contributed by atoms with Crippen LogP contribution in [0.1, 0.15) is 34.0 Å². The lowest BCUT2D eigenvalue weighted by Gasteiger charge is -2.08. The van der Waals surface area contributed by atoms with Gasteiger partial charge in [-0.05, 0) is 37.6 Å². The van der Waals surface area contributed by atoms with E-state index in [2.05, 4.69) is 13.0 Å². The SMILES string of the molecule is CCOc1cc(N)cc(C(=O)OCc2ccc(CC)s2)c1. The molecule has 5 heteroatoms. The Morgan fingerprint density at radius 3 is 2.62 bits per heavy atom. The zero-order chi connectivity index (χ0) is 15.2. The first kappa shape index (κ1) is 15.4. The van der Waals surface area contributed by atoms with E-state index in [0.29, 0.717) is 23.6 Å². The summed E-state index contributed by atoms with van der Waals surface area (Å²) in [7, 11) is 0. The molecule has 0 saturated carbocycles. The second-order valence-electron chi connectivity index (χ2n) is 4.52. The van der Waals surface area contributed by atoms with Crippen LogP contribution in [0.4, 0.5) is 5.69 Å². The Bertz CT molecular complexity index is 622. The summed E-state index contributed by atoms with van der Waals surface area (Å²) in [5.41, 5.74) is 6.66. The van der Waals surface area contributed by atoms with Gasteiger partial charge in [0.15, 0.2) is 0 Å². The molecular formula is C16H19NO3S. The fraction of sp³-hybridized carbons (Fsp3) is 0.312. The largest absolute Gasteiger partial charge is 0.494 e. The van der Waals surface area contributed by atoms with Crippen LogP contribution in [0.15, 0.2) is 30.3 Å². The van der Waals surface area contributed by atoms with Gasteiger partial charge in [-0.25, -0.2) is 4.79 Å². The van der Waals surface area contributed by atoms with Gasteiger partial charge in [-0.15, -0.1) is 11.3 Å². The number of aryl methyl sites for hydroxylation is 1. The van der Waals surface area contributed by atoms with Gasteiger partial charge >= 0.3 is 5.97 Å². The number of anilines is 1. The van der Waals surface area contributed by atoms with E-state index in [1.54, 1.807) is 29.5 Å². The lowest BCUT2D eigenvalue weighted by Crippen LogP contribution is -2.06. The van der Waals surface area contributed by atoms with E-state index in [4.69, 9.17) is 15.2 Å². The molecule has 0 aliphatic carbocycles. The lowest BCUT2D eigenvalue weighted by molar-refractivity contribution is 0.0476. The number of benzene rings is 1. The summed E-state index contributed by atoms with van der Waals surface area (Å²) in [6.45, 7) is 4.78. The third kappa shape index (κ3) is 4.23. The van der Waals surface area contributed by atoms with Crippen LogP contribution in [0.5, 0.6) is 5.75 Å². The molecule has 0 aliphatic heterocycles. The number of hydrogen-bond acceptors (Lipinski definition) is 5. The molecule has 0 saturated heterocycles. The summed E-state index contributed by atoms with van der Waals surface area (Å²) < 4.78 is 10.7. The molecule has 0 atom stereocenters. The smallest absolute Gasteiger partial charge is 0.338 e. The van der Waals surface area contributed by atoms with E-state index in [1.165, 1.54) is 4.88 Å². The highest BCUT2D eigenvalue weighted by Crippen LogP contribution is 2.21. The Hall–Kier alpha value is -2.01. The average Bonchev–Trinajstić information content (AvgIpc) is 2.92. The molecule has 0 unspecified atom stereocenters. The molecule has 112 valence electrons. The van der Waals surface area contributed by atoms with Gasteiger partial charge in [-0.1, -0.05) is 6.92 Å². The molecule has 1 heterocycles. The van der Waals surface area contributed by atoms with Gasteiger partial charge in [0, 0.05) is 21.5 Å². The summed E-state index contributed by atoms with van der Waals surface area (Å²) in [6.07, 6.45) is 0.992. The van der Waals surface area contributed by atoms with Crippen LogP contribution in [0.25, 0.3) is 0 Å². The molecule has 4 nitrogen and oxygen atoms in total. The topological polar surface area (TPSA) is 61.5 Å². The first-order valence-electron chi connectivity index (χ1n) is 6.90. The van der Waals surface area contributed by atoms with E-state index in [1.807, 2.05) is 13.0 Å². The fourth-order valence-electron chi connectivity index (χ4n) is 1.90. The number of esters is 1. The van der Waals surface area contributed by atoms with Crippen LogP contribution in [0.3, 0.4) is 0 Å². The second kappa shape index (κ2) is 7.13. The van der Waals surface area contributed by atoms with Gasteiger partial charge < -0.3 is 15.2 Å². The fourth-order valence-corrected chi connectivity index (χ4v) is 2.77. The number of nitrogens with two attached hydrogens (primary N) is 1. The number of thiophene rings is 1. The minimum absolute atomic E-state index is 0.280. The first-order chi connectivity index (χ1) is 10.1. The summed E-state index contributed by atoms with van der Waals surface area (Å²) in [5.74, 6) is 0.184. The maximum Gasteiger partial charge on any atom is 0.338 e. The Labute approximate surface area is 128 Å². The van der Waals surface area contributed by atoms with Crippen molar-refractivity contribution in [1.29, 1.82) is 0 Å².